The molecular formula is C20H23N3O6S. The number of non-ortho nitro benzene ring substituents is 1. The molecule has 0 radical (unpaired) electrons. The number of rotatable bonds is 8. The average Bonchev–Trinajstić information content (AvgIpc) is 3.24. The minimum atomic E-state index is -4.13. The molecule has 1 saturated heterocycles. The molecule has 10 heteroatoms. The van der Waals surface area contributed by atoms with E-state index in [2.05, 4.69) is 5.32 Å². The zero-order chi connectivity index (χ0) is 21.7. The van der Waals surface area contributed by atoms with Crippen molar-refractivity contribution in [3.05, 3.63) is 64.2 Å². The smallest absolute Gasteiger partial charge is 0.271 e. The minimum absolute atomic E-state index is 0.00784. The maximum atomic E-state index is 13.3. The van der Waals surface area contributed by atoms with Crippen LogP contribution in [0.15, 0.2) is 53.4 Å². The Hall–Kier alpha value is -2.98. The van der Waals surface area contributed by atoms with Gasteiger partial charge in [0.05, 0.1) is 21.6 Å². The molecule has 2 aromatic carbocycles. The van der Waals surface area contributed by atoms with E-state index in [1.165, 1.54) is 30.3 Å². The van der Waals surface area contributed by atoms with Gasteiger partial charge in [0.1, 0.15) is 6.54 Å². The largest absolute Gasteiger partial charge is 0.376 e. The van der Waals surface area contributed by atoms with E-state index in [0.29, 0.717) is 6.61 Å². The van der Waals surface area contributed by atoms with Crippen molar-refractivity contribution in [2.24, 2.45) is 0 Å². The molecule has 1 fully saturated rings. The predicted molar refractivity (Wildman–Crippen MR) is 111 cm³/mol. The van der Waals surface area contributed by atoms with E-state index in [-0.39, 0.29) is 28.9 Å². The fraction of sp³-hybridized carbons (Fsp3) is 0.350. The molecule has 2 aromatic rings. The molecule has 0 bridgehead atoms. The van der Waals surface area contributed by atoms with Gasteiger partial charge < -0.3 is 10.1 Å². The number of nitrogens with one attached hydrogen (secondary N) is 1. The second kappa shape index (κ2) is 9.23. The number of ether oxygens (including phenoxy) is 1. The third kappa shape index (κ3) is 5.14. The van der Waals surface area contributed by atoms with Gasteiger partial charge in [-0.15, -0.1) is 0 Å². The van der Waals surface area contributed by atoms with Gasteiger partial charge in [-0.3, -0.25) is 19.2 Å². The van der Waals surface area contributed by atoms with Crippen LogP contribution in [0.2, 0.25) is 0 Å². The normalized spacial score (nSPS) is 16.2. The van der Waals surface area contributed by atoms with Crippen molar-refractivity contribution in [1.82, 2.24) is 5.32 Å². The van der Waals surface area contributed by atoms with Gasteiger partial charge in [-0.2, -0.15) is 0 Å². The van der Waals surface area contributed by atoms with Gasteiger partial charge in [-0.25, -0.2) is 8.42 Å². The van der Waals surface area contributed by atoms with E-state index in [1.807, 2.05) is 6.92 Å². The van der Waals surface area contributed by atoms with Crippen LogP contribution in [0.1, 0.15) is 18.4 Å². The lowest BCUT2D eigenvalue weighted by molar-refractivity contribution is -0.384. The molecule has 0 saturated carbocycles. The molecular weight excluding hydrogens is 410 g/mol. The summed E-state index contributed by atoms with van der Waals surface area (Å²) in [6.45, 7) is 2.24. The number of hydrogen-bond donors (Lipinski definition) is 1. The van der Waals surface area contributed by atoms with Crippen LogP contribution in [-0.4, -0.2) is 45.0 Å². The average molecular weight is 433 g/mol. The number of nitro groups is 1. The van der Waals surface area contributed by atoms with Gasteiger partial charge >= 0.3 is 0 Å². The van der Waals surface area contributed by atoms with Gasteiger partial charge in [0, 0.05) is 25.3 Å². The van der Waals surface area contributed by atoms with Crippen LogP contribution in [0.25, 0.3) is 0 Å². The van der Waals surface area contributed by atoms with E-state index >= 15 is 0 Å². The number of carbonyl (C=O) groups excluding carboxylic acids is 1. The summed E-state index contributed by atoms with van der Waals surface area (Å²) in [5.74, 6) is -0.521. The van der Waals surface area contributed by atoms with E-state index in [1.54, 1.807) is 12.1 Å². The first kappa shape index (κ1) is 21.7. The predicted octanol–water partition coefficient (Wildman–Crippen LogP) is 2.39. The number of sulfonamides is 1. The molecule has 30 heavy (non-hydrogen) atoms. The summed E-state index contributed by atoms with van der Waals surface area (Å²) in [6, 6.07) is 11.4. The number of hydrogen-bond acceptors (Lipinski definition) is 6. The molecule has 1 heterocycles. The molecule has 1 aliphatic rings. The molecule has 1 N–H and O–H groups in total. The monoisotopic (exact) mass is 433 g/mol. The first-order valence-corrected chi connectivity index (χ1v) is 10.9. The Kier molecular flexibility index (Phi) is 6.68. The second-order valence-electron chi connectivity index (χ2n) is 7.04. The summed E-state index contributed by atoms with van der Waals surface area (Å²) in [7, 11) is -4.13. The van der Waals surface area contributed by atoms with E-state index in [0.717, 1.165) is 28.8 Å². The molecule has 0 aromatic heterocycles. The van der Waals surface area contributed by atoms with Crippen LogP contribution in [-0.2, 0) is 19.6 Å². The third-order valence-corrected chi connectivity index (χ3v) is 6.56. The lowest BCUT2D eigenvalue weighted by atomic mass is 10.2. The number of carbonyl (C=O) groups is 1. The lowest BCUT2D eigenvalue weighted by Crippen LogP contribution is -2.42. The number of aryl methyl sites for hydroxylation is 1. The Morgan fingerprint density at radius 3 is 2.63 bits per heavy atom. The minimum Gasteiger partial charge on any atom is -0.376 e. The number of amides is 1. The molecule has 1 atom stereocenters. The van der Waals surface area contributed by atoms with Gasteiger partial charge in [0.25, 0.3) is 15.7 Å². The maximum Gasteiger partial charge on any atom is 0.271 e. The molecule has 0 unspecified atom stereocenters. The highest BCUT2D eigenvalue weighted by Gasteiger charge is 2.28. The van der Waals surface area contributed by atoms with Crippen LogP contribution < -0.4 is 9.62 Å². The number of nitrogens with zero attached hydrogens (tertiary/aromatic N) is 2. The van der Waals surface area contributed by atoms with Crippen LogP contribution in [0.3, 0.4) is 0 Å². The topological polar surface area (TPSA) is 119 Å². The molecule has 1 amide bonds. The molecule has 160 valence electrons. The van der Waals surface area contributed by atoms with Gasteiger partial charge in [-0.05, 0) is 38.0 Å². The number of anilines is 1. The molecule has 0 spiro atoms. The van der Waals surface area contributed by atoms with Gasteiger partial charge in [-0.1, -0.05) is 23.8 Å². The standard InChI is InChI=1S/C20H23N3O6S/c1-15-7-9-19(10-8-15)30(27,28)22(16-4-2-5-17(12-16)23(25)26)14-20(24)21-13-18-6-3-11-29-18/h2,4-5,7-10,12,18H,3,6,11,13-14H2,1H3,(H,21,24)/t18-/m1/s1. The van der Waals surface area contributed by atoms with Crippen LogP contribution in [0.4, 0.5) is 11.4 Å². The van der Waals surface area contributed by atoms with Gasteiger partial charge in [0.15, 0.2) is 0 Å². The molecule has 1 aliphatic heterocycles. The Bertz CT molecular complexity index is 1020. The first-order valence-electron chi connectivity index (χ1n) is 9.49. The zero-order valence-corrected chi connectivity index (χ0v) is 17.3. The van der Waals surface area contributed by atoms with Crippen LogP contribution in [0, 0.1) is 17.0 Å². The van der Waals surface area contributed by atoms with Crippen molar-refractivity contribution in [2.45, 2.75) is 30.8 Å². The highest BCUT2D eigenvalue weighted by molar-refractivity contribution is 7.92. The van der Waals surface area contributed by atoms with Crippen molar-refractivity contribution >= 4 is 27.3 Å². The Balaban J connectivity index is 1.89. The molecule has 9 nitrogen and oxygen atoms in total. The third-order valence-electron chi connectivity index (χ3n) is 4.78. The van der Waals surface area contributed by atoms with Crippen LogP contribution >= 0.6 is 0 Å². The van der Waals surface area contributed by atoms with Gasteiger partial charge in [0.2, 0.25) is 5.91 Å². The van der Waals surface area contributed by atoms with E-state index < -0.39 is 27.4 Å². The quantitative estimate of drug-likeness (QED) is 0.504. The highest BCUT2D eigenvalue weighted by Crippen LogP contribution is 2.27. The first-order chi connectivity index (χ1) is 14.3. The summed E-state index contributed by atoms with van der Waals surface area (Å²) >= 11 is 0. The maximum absolute atomic E-state index is 13.3. The zero-order valence-electron chi connectivity index (χ0n) is 16.5. The fourth-order valence-electron chi connectivity index (χ4n) is 3.13. The molecule has 0 aliphatic carbocycles. The second-order valence-corrected chi connectivity index (χ2v) is 8.90. The summed E-state index contributed by atoms with van der Waals surface area (Å²) in [5, 5.41) is 13.8. The summed E-state index contributed by atoms with van der Waals surface area (Å²) in [6.07, 6.45) is 1.66. The van der Waals surface area contributed by atoms with Crippen molar-refractivity contribution in [2.75, 3.05) is 24.0 Å². The summed E-state index contributed by atoms with van der Waals surface area (Å²) < 4.78 is 32.9. The summed E-state index contributed by atoms with van der Waals surface area (Å²) in [4.78, 5) is 23.1. The lowest BCUT2D eigenvalue weighted by Gasteiger charge is -2.24. The van der Waals surface area contributed by atoms with E-state index in [4.69, 9.17) is 4.74 Å². The Morgan fingerprint density at radius 1 is 1.27 bits per heavy atom. The highest BCUT2D eigenvalue weighted by atomic mass is 32.2. The number of benzene rings is 2. The Morgan fingerprint density at radius 2 is 2.00 bits per heavy atom. The SMILES string of the molecule is Cc1ccc(S(=O)(=O)N(CC(=O)NC[C@H]2CCCO2)c2cccc([N+](=O)[O-])c2)cc1. The Labute approximate surface area is 174 Å². The van der Waals surface area contributed by atoms with Crippen molar-refractivity contribution < 1.29 is 22.9 Å². The van der Waals surface area contributed by atoms with Crippen molar-refractivity contribution in [3.8, 4) is 0 Å². The number of nitro benzene ring substituents is 1. The summed E-state index contributed by atoms with van der Waals surface area (Å²) in [5.41, 5.74) is 0.651. The van der Waals surface area contributed by atoms with Crippen molar-refractivity contribution in [1.29, 1.82) is 0 Å². The van der Waals surface area contributed by atoms with E-state index in [9.17, 15) is 23.3 Å². The molecule has 3 rings (SSSR count). The fourth-order valence-corrected chi connectivity index (χ4v) is 4.55. The van der Waals surface area contributed by atoms with Crippen LogP contribution in [0.5, 0.6) is 0 Å². The van der Waals surface area contributed by atoms with Crippen molar-refractivity contribution in [3.63, 3.8) is 0 Å².